The van der Waals surface area contributed by atoms with Crippen molar-refractivity contribution >= 4 is 17.3 Å². The Bertz CT molecular complexity index is 815. The first-order chi connectivity index (χ1) is 11.2. The number of hydrogen-bond donors (Lipinski definition) is 0. The molecule has 0 spiro atoms. The van der Waals surface area contributed by atoms with Crippen LogP contribution < -0.4 is 0 Å². The van der Waals surface area contributed by atoms with Crippen molar-refractivity contribution in [2.75, 3.05) is 6.61 Å². The molecule has 3 aromatic rings. The third kappa shape index (κ3) is 3.14. The Balaban J connectivity index is 2.21. The molecule has 0 saturated heterocycles. The Morgan fingerprint density at radius 2 is 1.91 bits per heavy atom. The van der Waals surface area contributed by atoms with Gasteiger partial charge in [0.2, 0.25) is 0 Å². The van der Waals surface area contributed by atoms with Crippen LogP contribution in [0.3, 0.4) is 0 Å². The highest BCUT2D eigenvalue weighted by molar-refractivity contribution is 7.13. The van der Waals surface area contributed by atoms with Crippen LogP contribution in [-0.4, -0.2) is 22.5 Å². The first-order valence-electron chi connectivity index (χ1n) is 7.35. The van der Waals surface area contributed by atoms with Crippen LogP contribution in [0.2, 0.25) is 0 Å². The summed E-state index contributed by atoms with van der Waals surface area (Å²) in [6, 6.07) is 13.6. The van der Waals surface area contributed by atoms with Crippen molar-refractivity contribution in [3.8, 4) is 22.0 Å². The number of hydrogen-bond acceptors (Lipinski definition) is 5. The summed E-state index contributed by atoms with van der Waals surface area (Å²) in [4.78, 5) is 22.5. The lowest BCUT2D eigenvalue weighted by molar-refractivity contribution is 0.0525. The van der Waals surface area contributed by atoms with Crippen LogP contribution >= 0.6 is 11.3 Å². The minimum absolute atomic E-state index is 0.319. The van der Waals surface area contributed by atoms with Gasteiger partial charge in [0.25, 0.3) is 0 Å². The smallest absolute Gasteiger partial charge is 0.342 e. The van der Waals surface area contributed by atoms with Crippen molar-refractivity contribution in [2.24, 2.45) is 0 Å². The van der Waals surface area contributed by atoms with E-state index in [1.165, 1.54) is 0 Å². The first kappa shape index (κ1) is 15.4. The fourth-order valence-corrected chi connectivity index (χ4v) is 3.00. The summed E-state index contributed by atoms with van der Waals surface area (Å²) >= 11 is 1.57. The van der Waals surface area contributed by atoms with Gasteiger partial charge in [0.15, 0.2) is 5.82 Å². The lowest BCUT2D eigenvalue weighted by Gasteiger charge is -2.12. The molecule has 0 aliphatic carbocycles. The van der Waals surface area contributed by atoms with Crippen LogP contribution in [0.1, 0.15) is 23.0 Å². The van der Waals surface area contributed by atoms with E-state index in [1.54, 1.807) is 18.3 Å². The van der Waals surface area contributed by atoms with E-state index in [0.717, 1.165) is 10.4 Å². The standard InChI is InChI=1S/C18H16N2O2S/c1-3-22-18(21)15-12(2)19-17(14-10-7-11-23-14)20-16(15)13-8-5-4-6-9-13/h4-11H,3H2,1-2H3. The molecule has 0 aliphatic heterocycles. The van der Waals surface area contributed by atoms with Gasteiger partial charge in [-0.05, 0) is 25.3 Å². The Labute approximate surface area is 138 Å². The zero-order chi connectivity index (χ0) is 16.2. The van der Waals surface area contributed by atoms with Crippen LogP contribution in [0.4, 0.5) is 0 Å². The van der Waals surface area contributed by atoms with Gasteiger partial charge in [0.1, 0.15) is 5.56 Å². The molecule has 2 aromatic heterocycles. The van der Waals surface area contributed by atoms with Gasteiger partial charge in [-0.1, -0.05) is 36.4 Å². The number of carbonyl (C=O) groups excluding carboxylic acids is 1. The van der Waals surface area contributed by atoms with Gasteiger partial charge >= 0.3 is 5.97 Å². The summed E-state index contributed by atoms with van der Waals surface area (Å²) in [5.41, 5.74) is 2.54. The third-order valence-electron chi connectivity index (χ3n) is 3.36. The Morgan fingerprint density at radius 1 is 1.13 bits per heavy atom. The minimum Gasteiger partial charge on any atom is -0.462 e. The Hall–Kier alpha value is -2.53. The molecule has 0 atom stereocenters. The van der Waals surface area contributed by atoms with Crippen molar-refractivity contribution in [3.05, 3.63) is 59.1 Å². The number of nitrogens with zero attached hydrogens (tertiary/aromatic N) is 2. The van der Waals surface area contributed by atoms with Crippen molar-refractivity contribution in [1.29, 1.82) is 0 Å². The predicted octanol–water partition coefficient (Wildman–Crippen LogP) is 4.36. The van der Waals surface area contributed by atoms with Gasteiger partial charge in [-0.2, -0.15) is 0 Å². The summed E-state index contributed by atoms with van der Waals surface area (Å²) < 4.78 is 5.19. The zero-order valence-corrected chi connectivity index (χ0v) is 13.8. The highest BCUT2D eigenvalue weighted by Crippen LogP contribution is 2.29. The highest BCUT2D eigenvalue weighted by atomic mass is 32.1. The van der Waals surface area contributed by atoms with Gasteiger partial charge in [-0.25, -0.2) is 14.8 Å². The van der Waals surface area contributed by atoms with Crippen molar-refractivity contribution in [3.63, 3.8) is 0 Å². The average molecular weight is 324 g/mol. The lowest BCUT2D eigenvalue weighted by Crippen LogP contribution is -2.12. The van der Waals surface area contributed by atoms with E-state index >= 15 is 0 Å². The topological polar surface area (TPSA) is 52.1 Å². The lowest BCUT2D eigenvalue weighted by atomic mass is 10.0. The monoisotopic (exact) mass is 324 g/mol. The number of benzene rings is 1. The van der Waals surface area contributed by atoms with Gasteiger partial charge in [-0.3, -0.25) is 0 Å². The largest absolute Gasteiger partial charge is 0.462 e. The molecule has 0 unspecified atom stereocenters. The number of carbonyl (C=O) groups is 1. The zero-order valence-electron chi connectivity index (χ0n) is 12.9. The van der Waals surface area contributed by atoms with E-state index in [-0.39, 0.29) is 5.97 Å². The van der Waals surface area contributed by atoms with Crippen LogP contribution in [0, 0.1) is 6.92 Å². The Morgan fingerprint density at radius 3 is 2.57 bits per heavy atom. The molecule has 0 N–H and O–H groups in total. The molecule has 2 heterocycles. The fourth-order valence-electron chi connectivity index (χ4n) is 2.34. The maximum absolute atomic E-state index is 12.4. The number of esters is 1. The quantitative estimate of drug-likeness (QED) is 0.669. The Kier molecular flexibility index (Phi) is 4.48. The molecular weight excluding hydrogens is 308 g/mol. The molecule has 0 fully saturated rings. The van der Waals surface area contributed by atoms with E-state index in [2.05, 4.69) is 9.97 Å². The molecule has 0 aliphatic rings. The predicted molar refractivity (Wildman–Crippen MR) is 91.5 cm³/mol. The van der Waals surface area contributed by atoms with Crippen molar-refractivity contribution < 1.29 is 9.53 Å². The molecule has 0 amide bonds. The normalized spacial score (nSPS) is 10.5. The molecule has 116 valence electrons. The maximum Gasteiger partial charge on any atom is 0.342 e. The average Bonchev–Trinajstić information content (AvgIpc) is 3.09. The minimum atomic E-state index is -0.387. The second-order valence-electron chi connectivity index (χ2n) is 4.92. The fraction of sp³-hybridized carbons (Fsp3) is 0.167. The summed E-state index contributed by atoms with van der Waals surface area (Å²) in [7, 11) is 0. The summed E-state index contributed by atoms with van der Waals surface area (Å²) in [5.74, 6) is 0.242. The van der Waals surface area contributed by atoms with Gasteiger partial charge in [0, 0.05) is 5.56 Å². The molecule has 5 heteroatoms. The SMILES string of the molecule is CCOC(=O)c1c(C)nc(-c2cccs2)nc1-c1ccccc1. The second kappa shape index (κ2) is 6.71. The first-order valence-corrected chi connectivity index (χ1v) is 8.23. The molecular formula is C18H16N2O2S. The molecule has 0 bridgehead atoms. The number of aromatic nitrogens is 2. The maximum atomic E-state index is 12.4. The molecule has 23 heavy (non-hydrogen) atoms. The van der Waals surface area contributed by atoms with E-state index in [0.29, 0.717) is 29.4 Å². The van der Waals surface area contributed by atoms with Gasteiger partial charge in [-0.15, -0.1) is 11.3 Å². The molecule has 3 rings (SSSR count). The van der Waals surface area contributed by atoms with Crippen molar-refractivity contribution in [2.45, 2.75) is 13.8 Å². The van der Waals surface area contributed by atoms with Gasteiger partial charge < -0.3 is 4.74 Å². The molecule has 4 nitrogen and oxygen atoms in total. The second-order valence-corrected chi connectivity index (χ2v) is 5.87. The van der Waals surface area contributed by atoms with Crippen LogP contribution in [0.15, 0.2) is 47.8 Å². The summed E-state index contributed by atoms with van der Waals surface area (Å²) in [6.07, 6.45) is 0. The van der Waals surface area contributed by atoms with E-state index in [4.69, 9.17) is 4.74 Å². The van der Waals surface area contributed by atoms with Crippen LogP contribution in [-0.2, 0) is 4.74 Å². The molecule has 0 radical (unpaired) electrons. The highest BCUT2D eigenvalue weighted by Gasteiger charge is 2.21. The molecule has 0 saturated carbocycles. The third-order valence-corrected chi connectivity index (χ3v) is 4.22. The van der Waals surface area contributed by atoms with Gasteiger partial charge in [0.05, 0.1) is 22.9 Å². The van der Waals surface area contributed by atoms with Crippen LogP contribution in [0.5, 0.6) is 0 Å². The van der Waals surface area contributed by atoms with E-state index in [9.17, 15) is 4.79 Å². The number of aryl methyl sites for hydroxylation is 1. The summed E-state index contributed by atoms with van der Waals surface area (Å²) in [6.45, 7) is 3.92. The van der Waals surface area contributed by atoms with E-state index < -0.39 is 0 Å². The summed E-state index contributed by atoms with van der Waals surface area (Å²) in [5, 5.41) is 1.98. The molecule has 1 aromatic carbocycles. The van der Waals surface area contributed by atoms with E-state index in [1.807, 2.05) is 54.8 Å². The number of ether oxygens (including phenoxy) is 1. The van der Waals surface area contributed by atoms with Crippen molar-refractivity contribution in [1.82, 2.24) is 9.97 Å². The number of thiophene rings is 1. The number of rotatable bonds is 4. The van der Waals surface area contributed by atoms with Crippen LogP contribution in [0.25, 0.3) is 22.0 Å².